The molecule has 87 heavy (non-hydrogen) atoms. The summed E-state index contributed by atoms with van der Waals surface area (Å²) in [4.78, 5) is 75.7. The first-order valence-electron chi connectivity index (χ1n) is 30.0. The molecule has 19 nitrogen and oxygen atoms in total. The van der Waals surface area contributed by atoms with Crippen LogP contribution >= 0.6 is 0 Å². The third kappa shape index (κ3) is 29.5. The second-order valence-electron chi connectivity index (χ2n) is 26.8. The smallest absolute Gasteiger partial charge is 0.410 e. The third-order valence-corrected chi connectivity index (χ3v) is 14.1. The molecule has 0 aromatic heterocycles. The molecule has 482 valence electrons. The van der Waals surface area contributed by atoms with Crippen LogP contribution in [0.25, 0.3) is 0 Å². The molecule has 0 aliphatic carbocycles. The number of unbranched alkanes of at least 4 members (excludes halogenated alkanes) is 1. The van der Waals surface area contributed by atoms with Crippen LogP contribution in [-0.4, -0.2) is 102 Å². The number of carbonyl (C=O) groups excluding carboxylic acids is 6. The number of rotatable bonds is 36. The molecule has 3 aromatic rings. The van der Waals surface area contributed by atoms with Crippen molar-refractivity contribution in [3.05, 3.63) is 109 Å². The summed E-state index contributed by atoms with van der Waals surface area (Å²) in [5.41, 5.74) is -2.16. The highest BCUT2D eigenvalue weighted by Gasteiger charge is 2.48. The molecule has 1 unspecified atom stereocenters. The fraction of sp³-hybridized carbons (Fsp3) is 0.559. The molecule has 0 spiro atoms. The second kappa shape index (κ2) is 32.8. The number of nitrogens with one attached hydrogen (secondary N) is 6. The van der Waals surface area contributed by atoms with E-state index in [1.165, 1.54) is 0 Å². The van der Waals surface area contributed by atoms with Crippen LogP contribution in [0.3, 0.4) is 0 Å². The van der Waals surface area contributed by atoms with Gasteiger partial charge in [-0.15, -0.1) is 0 Å². The molecule has 0 saturated carbocycles. The summed E-state index contributed by atoms with van der Waals surface area (Å²) in [7, 11) is 0. The first-order chi connectivity index (χ1) is 40.2. The Kier molecular flexibility index (Phi) is 28.0. The highest BCUT2D eigenvalue weighted by molar-refractivity contribution is 6.04. The van der Waals surface area contributed by atoms with E-state index in [9.17, 15) is 28.8 Å². The van der Waals surface area contributed by atoms with Gasteiger partial charge in [0.2, 0.25) is 0 Å². The zero-order valence-electron chi connectivity index (χ0n) is 55.1. The van der Waals surface area contributed by atoms with E-state index in [1.54, 1.807) is 93.6 Å². The van der Waals surface area contributed by atoms with Gasteiger partial charge in [0.15, 0.2) is 0 Å². The molecule has 6 N–H and O–H groups in total. The van der Waals surface area contributed by atoms with E-state index >= 15 is 0 Å². The fourth-order valence-corrected chi connectivity index (χ4v) is 10.2. The predicted molar refractivity (Wildman–Crippen MR) is 345 cm³/mol. The maximum absolute atomic E-state index is 13.2. The standard InChI is InChI=1S/C68H102N6O13/c1-21-22-38-81-64(13,14)42-68(43-65(15,16)82-39-35-49(8)69-59(78)85-53-29-23-50(24-30-53)70-56(75)46(2)3,44-66(17,18)83-40-36-62(9,10)73-60(79)86-54-31-25-51(26-32-54)71-57(76)47(4)5)45-67(19,20)84-41-37-63(11,12)74-61(80)87-55-33-27-52(28-34-55)72-58(77)48(6)7/h23-34,49H,2,4,6,21-22,35-45H2,1,3,5,7-20H3,(H,69,78)(H,70,75)(H,71,76)(H,72,77)(H,73,79)(H,74,80). The molecular weight excluding hydrogens is 1110 g/mol. The topological polar surface area (TPSA) is 239 Å². The molecule has 0 radical (unpaired) electrons. The van der Waals surface area contributed by atoms with Crippen molar-refractivity contribution in [2.45, 2.75) is 215 Å². The average molecular weight is 1210 g/mol. The van der Waals surface area contributed by atoms with Gasteiger partial charge in [0.1, 0.15) is 17.2 Å². The molecule has 0 heterocycles. The molecule has 19 heteroatoms. The number of benzene rings is 3. The number of hydrogen-bond acceptors (Lipinski definition) is 13. The van der Waals surface area contributed by atoms with E-state index in [0.29, 0.717) is 122 Å². The van der Waals surface area contributed by atoms with E-state index in [0.717, 1.165) is 12.8 Å². The van der Waals surface area contributed by atoms with Crippen molar-refractivity contribution < 1.29 is 61.9 Å². The van der Waals surface area contributed by atoms with Crippen molar-refractivity contribution in [3.63, 3.8) is 0 Å². The molecule has 0 aliphatic heterocycles. The van der Waals surface area contributed by atoms with Gasteiger partial charge in [-0.3, -0.25) is 14.4 Å². The van der Waals surface area contributed by atoms with Crippen molar-refractivity contribution in [2.24, 2.45) is 5.41 Å². The Bertz CT molecular complexity index is 2680. The zero-order valence-corrected chi connectivity index (χ0v) is 55.1. The lowest BCUT2D eigenvalue weighted by Crippen LogP contribution is -2.49. The average Bonchev–Trinajstić information content (AvgIpc) is 1.94. The van der Waals surface area contributed by atoms with E-state index < -0.39 is 57.2 Å². The van der Waals surface area contributed by atoms with Crippen LogP contribution in [0.4, 0.5) is 31.4 Å². The third-order valence-electron chi connectivity index (χ3n) is 14.1. The van der Waals surface area contributed by atoms with Crippen LogP contribution in [0.2, 0.25) is 0 Å². The Labute approximate surface area is 518 Å². The van der Waals surface area contributed by atoms with Crippen molar-refractivity contribution in [1.82, 2.24) is 16.0 Å². The summed E-state index contributed by atoms with van der Waals surface area (Å²) >= 11 is 0. The minimum Gasteiger partial charge on any atom is -0.410 e. The number of hydrogen-bond donors (Lipinski definition) is 6. The minimum atomic E-state index is -0.744. The summed E-state index contributed by atoms with van der Waals surface area (Å²) in [5, 5.41) is 17.1. The quantitative estimate of drug-likeness (QED) is 0.0235. The van der Waals surface area contributed by atoms with E-state index in [4.69, 9.17) is 33.2 Å². The number of carbonyl (C=O) groups is 6. The van der Waals surface area contributed by atoms with Crippen molar-refractivity contribution in [1.29, 1.82) is 0 Å². The summed E-state index contributed by atoms with van der Waals surface area (Å²) in [6, 6.07) is 19.1. The summed E-state index contributed by atoms with van der Waals surface area (Å²) in [5.74, 6) is -0.00971. The van der Waals surface area contributed by atoms with Crippen LogP contribution in [0, 0.1) is 5.41 Å². The van der Waals surface area contributed by atoms with Gasteiger partial charge in [-0.25, -0.2) is 14.4 Å². The Balaban J connectivity index is 1.86. The Morgan fingerprint density at radius 3 is 1.02 bits per heavy atom. The second-order valence-corrected chi connectivity index (χ2v) is 26.8. The maximum Gasteiger partial charge on any atom is 0.413 e. The molecule has 0 bridgehead atoms. The molecule has 3 aromatic carbocycles. The van der Waals surface area contributed by atoms with Crippen LogP contribution in [0.5, 0.6) is 17.2 Å². The number of amides is 6. The lowest BCUT2D eigenvalue weighted by molar-refractivity contribution is -0.146. The van der Waals surface area contributed by atoms with Crippen molar-refractivity contribution in [3.8, 4) is 17.2 Å². The van der Waals surface area contributed by atoms with Gasteiger partial charge in [-0.05, 0) is 240 Å². The van der Waals surface area contributed by atoms with Gasteiger partial charge in [0.25, 0.3) is 17.7 Å². The molecule has 3 rings (SSSR count). The number of ether oxygens (including phenoxy) is 7. The Morgan fingerprint density at radius 1 is 0.437 bits per heavy atom. The molecule has 0 aliphatic rings. The summed E-state index contributed by atoms with van der Waals surface area (Å²) < 4.78 is 44.1. The highest BCUT2D eigenvalue weighted by atomic mass is 16.6. The first-order valence-corrected chi connectivity index (χ1v) is 30.0. The van der Waals surface area contributed by atoms with Gasteiger partial charge in [0.05, 0.1) is 22.4 Å². The van der Waals surface area contributed by atoms with Crippen molar-refractivity contribution >= 4 is 53.1 Å². The number of anilines is 3. The van der Waals surface area contributed by atoms with Gasteiger partial charge in [-0.1, -0.05) is 33.1 Å². The Hall–Kier alpha value is -7.06. The van der Waals surface area contributed by atoms with Gasteiger partial charge in [0, 0.05) is 77.3 Å². The lowest BCUT2D eigenvalue weighted by atomic mass is 9.62. The largest absolute Gasteiger partial charge is 0.413 e. The first kappa shape index (κ1) is 74.2. The minimum absolute atomic E-state index is 0.291. The van der Waals surface area contributed by atoms with Crippen LogP contribution in [-0.2, 0) is 33.3 Å². The zero-order chi connectivity index (χ0) is 65.6. The SMILES string of the molecule is C=C(C)C(=O)Nc1ccc(OC(=O)NC(C)CCOC(C)(C)CC(CC(C)(C)OCCCC)(CC(C)(C)OCCC(C)(C)NC(=O)Oc2ccc(NC(=O)C(=C)C)cc2)CC(C)(C)OCCC(C)(C)NC(=O)Oc2ccc(NC(=O)C(=C)C)cc2)cc1. The molecule has 1 atom stereocenters. The van der Waals surface area contributed by atoms with Crippen molar-refractivity contribution in [2.75, 3.05) is 42.4 Å². The monoisotopic (exact) mass is 1210 g/mol. The summed E-state index contributed by atoms with van der Waals surface area (Å²) in [6.07, 6.45) is 3.57. The van der Waals surface area contributed by atoms with Gasteiger partial charge >= 0.3 is 18.3 Å². The van der Waals surface area contributed by atoms with Crippen LogP contribution < -0.4 is 46.1 Å². The molecular formula is C68H102N6O13. The van der Waals surface area contributed by atoms with Gasteiger partial charge < -0.3 is 65.1 Å². The van der Waals surface area contributed by atoms with E-state index in [1.807, 2.05) is 34.6 Å². The molecule has 6 amide bonds. The predicted octanol–water partition coefficient (Wildman–Crippen LogP) is 14.5. The molecule has 0 saturated heterocycles. The molecule has 0 fully saturated rings. The normalized spacial score (nSPS) is 12.7. The van der Waals surface area contributed by atoms with E-state index in [2.05, 4.69) is 114 Å². The van der Waals surface area contributed by atoms with Crippen LogP contribution in [0.15, 0.2) is 109 Å². The summed E-state index contributed by atoms with van der Waals surface area (Å²) in [6.45, 7) is 45.7. The Morgan fingerprint density at radius 2 is 0.724 bits per heavy atom. The maximum atomic E-state index is 13.2. The lowest BCUT2D eigenvalue weighted by Gasteiger charge is -2.50. The van der Waals surface area contributed by atoms with Gasteiger partial charge in [-0.2, -0.15) is 0 Å². The fourth-order valence-electron chi connectivity index (χ4n) is 10.2. The van der Waals surface area contributed by atoms with E-state index in [-0.39, 0.29) is 23.8 Å². The van der Waals surface area contributed by atoms with Crippen LogP contribution in [0.1, 0.15) is 175 Å². The highest BCUT2D eigenvalue weighted by Crippen LogP contribution is 2.51.